The number of sulfonamides is 1. The molecule has 2 saturated heterocycles. The molecule has 0 bridgehead atoms. The quantitative estimate of drug-likeness (QED) is 0.661. The molecule has 0 amide bonds. The summed E-state index contributed by atoms with van der Waals surface area (Å²) >= 11 is 0. The highest BCUT2D eigenvalue weighted by Gasteiger charge is 2.29. The first-order valence-corrected chi connectivity index (χ1v) is 12.3. The zero-order chi connectivity index (χ0) is 22.9. The van der Waals surface area contributed by atoms with E-state index in [1.807, 2.05) is 17.9 Å². The van der Waals surface area contributed by atoms with Crippen LogP contribution in [-0.4, -0.2) is 87.0 Å². The van der Waals surface area contributed by atoms with Crippen molar-refractivity contribution in [1.29, 1.82) is 0 Å². The standard InChI is InChI=1S/C21H28F2N6O2S/c1-16-24-20(27-7-5-26(2)6-8-27)14-21(25-16)28-9-11-29(12-10-28)32(30,31)15-17-13-18(22)3-4-19(17)23/h3-4,13-14H,5-12,15H2,1-2H3. The molecule has 1 aromatic heterocycles. The number of halogens is 2. The minimum atomic E-state index is -3.77. The van der Waals surface area contributed by atoms with Crippen LogP contribution in [0, 0.1) is 18.6 Å². The summed E-state index contributed by atoms with van der Waals surface area (Å²) in [5.41, 5.74) is -0.157. The van der Waals surface area contributed by atoms with Crippen LogP contribution in [-0.2, 0) is 15.8 Å². The van der Waals surface area contributed by atoms with E-state index >= 15 is 0 Å². The molecular weight excluding hydrogens is 438 g/mol. The van der Waals surface area contributed by atoms with Gasteiger partial charge in [-0.3, -0.25) is 0 Å². The Morgan fingerprint density at radius 3 is 2.03 bits per heavy atom. The molecular formula is C21H28F2N6O2S. The molecule has 3 heterocycles. The Morgan fingerprint density at radius 2 is 1.44 bits per heavy atom. The van der Waals surface area contributed by atoms with Crippen LogP contribution in [0.1, 0.15) is 11.4 Å². The van der Waals surface area contributed by atoms with Gasteiger partial charge in [-0.25, -0.2) is 27.2 Å². The fraction of sp³-hybridized carbons (Fsp3) is 0.524. The van der Waals surface area contributed by atoms with E-state index in [-0.39, 0.29) is 18.7 Å². The van der Waals surface area contributed by atoms with Crippen molar-refractivity contribution in [2.75, 3.05) is 69.2 Å². The SMILES string of the molecule is Cc1nc(N2CCN(C)CC2)cc(N2CCN(S(=O)(=O)Cc3cc(F)ccc3F)CC2)n1. The van der Waals surface area contributed by atoms with Crippen LogP contribution in [0.2, 0.25) is 0 Å². The molecule has 11 heteroatoms. The van der Waals surface area contributed by atoms with E-state index in [2.05, 4.69) is 26.8 Å². The highest BCUT2D eigenvalue weighted by Crippen LogP contribution is 2.23. The summed E-state index contributed by atoms with van der Waals surface area (Å²) in [5, 5.41) is 0. The van der Waals surface area contributed by atoms with Gasteiger partial charge in [0.2, 0.25) is 10.0 Å². The van der Waals surface area contributed by atoms with Crippen LogP contribution in [0.15, 0.2) is 24.3 Å². The van der Waals surface area contributed by atoms with Crippen molar-refractivity contribution in [3.05, 3.63) is 47.3 Å². The second kappa shape index (κ2) is 9.24. The van der Waals surface area contributed by atoms with Crippen molar-refractivity contribution in [2.24, 2.45) is 0 Å². The normalized spacial score (nSPS) is 18.9. The molecule has 0 N–H and O–H groups in total. The summed E-state index contributed by atoms with van der Waals surface area (Å²) in [5.74, 6) is 0.402. The molecule has 2 aromatic rings. The third-order valence-electron chi connectivity index (χ3n) is 5.94. The van der Waals surface area contributed by atoms with Gasteiger partial charge in [-0.05, 0) is 32.2 Å². The Kier molecular flexibility index (Phi) is 6.59. The van der Waals surface area contributed by atoms with Crippen LogP contribution in [0.5, 0.6) is 0 Å². The second-order valence-electron chi connectivity index (χ2n) is 8.30. The van der Waals surface area contributed by atoms with Gasteiger partial charge >= 0.3 is 0 Å². The van der Waals surface area contributed by atoms with Crippen molar-refractivity contribution in [3.8, 4) is 0 Å². The predicted molar refractivity (Wildman–Crippen MR) is 119 cm³/mol. The summed E-state index contributed by atoms with van der Waals surface area (Å²) in [6.07, 6.45) is 0. The molecule has 0 unspecified atom stereocenters. The van der Waals surface area contributed by atoms with Crippen molar-refractivity contribution in [2.45, 2.75) is 12.7 Å². The van der Waals surface area contributed by atoms with Crippen molar-refractivity contribution in [1.82, 2.24) is 19.2 Å². The number of hydrogen-bond donors (Lipinski definition) is 0. The third kappa shape index (κ3) is 5.16. The van der Waals surface area contributed by atoms with Crippen LogP contribution in [0.4, 0.5) is 20.4 Å². The topological polar surface area (TPSA) is 72.9 Å². The van der Waals surface area contributed by atoms with Gasteiger partial charge in [0.25, 0.3) is 0 Å². The van der Waals surface area contributed by atoms with Gasteiger partial charge in [0.05, 0.1) is 5.75 Å². The Balaban J connectivity index is 1.42. The zero-order valence-corrected chi connectivity index (χ0v) is 19.2. The van der Waals surface area contributed by atoms with Gasteiger partial charge in [-0.1, -0.05) is 0 Å². The maximum Gasteiger partial charge on any atom is 0.218 e. The zero-order valence-electron chi connectivity index (χ0n) is 18.3. The number of rotatable bonds is 5. The van der Waals surface area contributed by atoms with E-state index in [0.29, 0.717) is 18.9 Å². The number of likely N-dealkylation sites (N-methyl/N-ethyl adjacent to an activating group) is 1. The average molecular weight is 467 g/mol. The summed E-state index contributed by atoms with van der Waals surface area (Å²) < 4.78 is 54.3. The maximum atomic E-state index is 13.9. The lowest BCUT2D eigenvalue weighted by atomic mass is 10.2. The molecule has 2 aliphatic heterocycles. The molecule has 0 saturated carbocycles. The number of benzene rings is 1. The van der Waals surface area contributed by atoms with Crippen LogP contribution in [0.25, 0.3) is 0 Å². The van der Waals surface area contributed by atoms with Crippen LogP contribution in [0.3, 0.4) is 0 Å². The van der Waals surface area contributed by atoms with Crippen molar-refractivity contribution in [3.63, 3.8) is 0 Å². The summed E-state index contributed by atoms with van der Waals surface area (Å²) in [6, 6.07) is 4.83. The van der Waals surface area contributed by atoms with Crippen molar-refractivity contribution < 1.29 is 17.2 Å². The molecule has 1 aromatic carbocycles. The second-order valence-corrected chi connectivity index (χ2v) is 10.3. The van der Waals surface area contributed by atoms with E-state index < -0.39 is 27.4 Å². The largest absolute Gasteiger partial charge is 0.354 e. The number of nitrogens with zero attached hydrogens (tertiary/aromatic N) is 6. The molecule has 4 rings (SSSR count). The third-order valence-corrected chi connectivity index (χ3v) is 7.77. The van der Waals surface area contributed by atoms with Gasteiger partial charge in [-0.15, -0.1) is 0 Å². The molecule has 0 spiro atoms. The van der Waals surface area contributed by atoms with E-state index in [4.69, 9.17) is 0 Å². The Bertz CT molecular complexity index is 1070. The van der Waals surface area contributed by atoms with E-state index in [9.17, 15) is 17.2 Å². The predicted octanol–water partition coefficient (Wildman–Crippen LogP) is 1.47. The van der Waals surface area contributed by atoms with Gasteiger partial charge in [-0.2, -0.15) is 4.31 Å². The monoisotopic (exact) mass is 466 g/mol. The molecule has 0 aliphatic carbocycles. The minimum Gasteiger partial charge on any atom is -0.354 e. The van der Waals surface area contributed by atoms with Crippen LogP contribution < -0.4 is 9.80 Å². The summed E-state index contributed by atoms with van der Waals surface area (Å²) in [4.78, 5) is 15.7. The average Bonchev–Trinajstić information content (AvgIpc) is 2.76. The number of aryl methyl sites for hydroxylation is 1. The highest BCUT2D eigenvalue weighted by atomic mass is 32.2. The minimum absolute atomic E-state index is 0.157. The van der Waals surface area contributed by atoms with Gasteiger partial charge in [0.15, 0.2) is 0 Å². The lowest BCUT2D eigenvalue weighted by molar-refractivity contribution is 0.312. The highest BCUT2D eigenvalue weighted by molar-refractivity contribution is 7.88. The Labute approximate surface area is 187 Å². The molecule has 2 aliphatic rings. The van der Waals surface area contributed by atoms with E-state index in [1.54, 1.807) is 0 Å². The van der Waals surface area contributed by atoms with Crippen molar-refractivity contribution >= 4 is 21.7 Å². The number of hydrogen-bond acceptors (Lipinski definition) is 7. The Morgan fingerprint density at radius 1 is 0.875 bits per heavy atom. The van der Waals surface area contributed by atoms with Crippen LogP contribution >= 0.6 is 0 Å². The lowest BCUT2D eigenvalue weighted by Crippen LogP contribution is -2.49. The smallest absolute Gasteiger partial charge is 0.218 e. The van der Waals surface area contributed by atoms with Gasteiger partial charge in [0, 0.05) is 64.0 Å². The number of piperazine rings is 2. The number of anilines is 2. The maximum absolute atomic E-state index is 13.9. The van der Waals surface area contributed by atoms with Gasteiger partial charge in [0.1, 0.15) is 29.1 Å². The molecule has 0 radical (unpaired) electrons. The molecule has 2 fully saturated rings. The fourth-order valence-electron chi connectivity index (χ4n) is 4.03. The Hall–Kier alpha value is -2.37. The molecule has 8 nitrogen and oxygen atoms in total. The molecule has 174 valence electrons. The van der Waals surface area contributed by atoms with Gasteiger partial charge < -0.3 is 14.7 Å². The molecule has 0 atom stereocenters. The molecule has 32 heavy (non-hydrogen) atoms. The number of aromatic nitrogens is 2. The fourth-order valence-corrected chi connectivity index (χ4v) is 5.55. The van der Waals surface area contributed by atoms with E-state index in [1.165, 1.54) is 4.31 Å². The first kappa shape index (κ1) is 22.8. The summed E-state index contributed by atoms with van der Waals surface area (Å²) in [6.45, 7) is 7.04. The van der Waals surface area contributed by atoms with E-state index in [0.717, 1.165) is 56.0 Å². The first-order chi connectivity index (χ1) is 15.2. The first-order valence-electron chi connectivity index (χ1n) is 10.7. The summed E-state index contributed by atoms with van der Waals surface area (Å²) in [7, 11) is -1.66. The lowest BCUT2D eigenvalue weighted by Gasteiger charge is -2.36.